The zero-order valence-electron chi connectivity index (χ0n) is 11.6. The van der Waals surface area contributed by atoms with Crippen LogP contribution in [0.15, 0.2) is 32.9 Å². The van der Waals surface area contributed by atoms with Gasteiger partial charge >= 0.3 is 0 Å². The Morgan fingerprint density at radius 2 is 2.38 bits per heavy atom. The molecule has 0 saturated carbocycles. The molecule has 7 heteroatoms. The lowest BCUT2D eigenvalue weighted by atomic mass is 10.1. The number of hydrogen-bond acceptors (Lipinski definition) is 5. The summed E-state index contributed by atoms with van der Waals surface area (Å²) in [5, 5.41) is 0.698. The number of halogens is 1. The van der Waals surface area contributed by atoms with Gasteiger partial charge in [-0.05, 0) is 33.8 Å². The zero-order valence-corrected chi connectivity index (χ0v) is 14.0. The van der Waals surface area contributed by atoms with E-state index in [-0.39, 0.29) is 5.56 Å². The van der Waals surface area contributed by atoms with Gasteiger partial charge in [0.1, 0.15) is 0 Å². The maximum Gasteiger partial charge on any atom is 0.256 e. The summed E-state index contributed by atoms with van der Waals surface area (Å²) in [7, 11) is 0. The molecule has 0 aliphatic carbocycles. The third-order valence-corrected chi connectivity index (χ3v) is 4.86. The fourth-order valence-electron chi connectivity index (χ4n) is 2.46. The van der Waals surface area contributed by atoms with Crippen LogP contribution in [0.25, 0.3) is 0 Å². The monoisotopic (exact) mass is 366 g/mol. The number of pyridine rings is 1. The van der Waals surface area contributed by atoms with Crippen LogP contribution in [-0.2, 0) is 19.5 Å². The van der Waals surface area contributed by atoms with Gasteiger partial charge in [-0.25, -0.2) is 4.98 Å². The standard InChI is InChI=1S/C14H15BrN4OS/c1-21-14-17-12-3-5-19(8-10(12)13(20)18-14)7-9-2-4-16-6-11(9)15/h2,4,6H,3,5,7-8H2,1H3,(H,17,18,20). The highest BCUT2D eigenvalue weighted by Crippen LogP contribution is 2.21. The van der Waals surface area contributed by atoms with Crippen molar-refractivity contribution in [3.05, 3.63) is 50.1 Å². The zero-order chi connectivity index (χ0) is 14.8. The van der Waals surface area contributed by atoms with Gasteiger partial charge < -0.3 is 4.98 Å². The first kappa shape index (κ1) is 14.7. The second-order valence-electron chi connectivity index (χ2n) is 4.93. The van der Waals surface area contributed by atoms with Crippen LogP contribution < -0.4 is 5.56 Å². The molecule has 0 saturated heterocycles. The molecule has 2 aromatic heterocycles. The Bertz CT molecular complexity index is 718. The molecule has 0 spiro atoms. The molecule has 1 N–H and O–H groups in total. The maximum atomic E-state index is 12.2. The molecule has 0 unspecified atom stereocenters. The molecule has 0 radical (unpaired) electrons. The molecular formula is C14H15BrN4OS. The topological polar surface area (TPSA) is 61.9 Å². The fraction of sp³-hybridized carbons (Fsp3) is 0.357. The van der Waals surface area contributed by atoms with Crippen molar-refractivity contribution in [2.75, 3.05) is 12.8 Å². The minimum absolute atomic E-state index is 0.0113. The molecule has 110 valence electrons. The van der Waals surface area contributed by atoms with E-state index in [0.717, 1.165) is 35.2 Å². The number of nitrogens with one attached hydrogen (secondary N) is 1. The summed E-state index contributed by atoms with van der Waals surface area (Å²) in [6, 6.07) is 2.00. The van der Waals surface area contributed by atoms with Gasteiger partial charge in [0.25, 0.3) is 5.56 Å². The van der Waals surface area contributed by atoms with Crippen LogP contribution >= 0.6 is 27.7 Å². The molecule has 3 rings (SSSR count). The summed E-state index contributed by atoms with van der Waals surface area (Å²) < 4.78 is 1.00. The van der Waals surface area contributed by atoms with Crippen LogP contribution in [-0.4, -0.2) is 32.7 Å². The molecule has 1 aliphatic rings. The minimum Gasteiger partial charge on any atom is -0.301 e. The second-order valence-corrected chi connectivity index (χ2v) is 6.58. The van der Waals surface area contributed by atoms with Crippen LogP contribution in [0.4, 0.5) is 0 Å². The van der Waals surface area contributed by atoms with Gasteiger partial charge in [-0.15, -0.1) is 0 Å². The van der Waals surface area contributed by atoms with Crippen molar-refractivity contribution in [3.8, 4) is 0 Å². The average Bonchev–Trinajstić information content (AvgIpc) is 2.50. The highest BCUT2D eigenvalue weighted by Gasteiger charge is 2.21. The number of rotatable bonds is 3. The first-order valence-corrected chi connectivity index (χ1v) is 8.66. The summed E-state index contributed by atoms with van der Waals surface area (Å²) in [5.74, 6) is 0. The Balaban J connectivity index is 1.82. The van der Waals surface area contributed by atoms with Gasteiger partial charge in [0.2, 0.25) is 0 Å². The SMILES string of the molecule is CSc1nc2c(c(=O)[nH]1)CN(Cc1ccncc1Br)CC2. The molecule has 0 atom stereocenters. The number of thioether (sulfide) groups is 1. The van der Waals surface area contributed by atoms with Gasteiger partial charge in [0, 0.05) is 42.9 Å². The van der Waals surface area contributed by atoms with Crippen molar-refractivity contribution in [2.45, 2.75) is 24.7 Å². The van der Waals surface area contributed by atoms with Crippen molar-refractivity contribution >= 4 is 27.7 Å². The number of nitrogens with zero attached hydrogens (tertiary/aromatic N) is 3. The average molecular weight is 367 g/mol. The summed E-state index contributed by atoms with van der Waals surface area (Å²) in [6.45, 7) is 2.35. The lowest BCUT2D eigenvalue weighted by Gasteiger charge is -2.27. The summed E-state index contributed by atoms with van der Waals surface area (Å²) >= 11 is 4.98. The second kappa shape index (κ2) is 6.29. The van der Waals surface area contributed by atoms with E-state index in [9.17, 15) is 4.79 Å². The van der Waals surface area contributed by atoms with Gasteiger partial charge in [-0.3, -0.25) is 14.7 Å². The fourth-order valence-corrected chi connectivity index (χ4v) is 3.23. The lowest BCUT2D eigenvalue weighted by molar-refractivity contribution is 0.240. The molecule has 1 aliphatic heterocycles. The smallest absolute Gasteiger partial charge is 0.256 e. The highest BCUT2D eigenvalue weighted by molar-refractivity contribution is 9.10. The lowest BCUT2D eigenvalue weighted by Crippen LogP contribution is -2.35. The molecule has 2 aromatic rings. The van der Waals surface area contributed by atoms with Crippen molar-refractivity contribution in [1.82, 2.24) is 19.9 Å². The Kier molecular flexibility index (Phi) is 4.42. The van der Waals surface area contributed by atoms with Crippen molar-refractivity contribution in [1.29, 1.82) is 0 Å². The van der Waals surface area contributed by atoms with Gasteiger partial charge in [-0.1, -0.05) is 11.8 Å². The van der Waals surface area contributed by atoms with E-state index in [1.165, 1.54) is 17.3 Å². The van der Waals surface area contributed by atoms with Crippen molar-refractivity contribution < 1.29 is 0 Å². The maximum absolute atomic E-state index is 12.2. The van der Waals surface area contributed by atoms with Crippen molar-refractivity contribution in [2.24, 2.45) is 0 Å². The van der Waals surface area contributed by atoms with Crippen LogP contribution in [0.1, 0.15) is 16.8 Å². The first-order valence-electron chi connectivity index (χ1n) is 6.64. The van der Waals surface area contributed by atoms with E-state index in [4.69, 9.17) is 0 Å². The van der Waals surface area contributed by atoms with Gasteiger partial charge in [0.15, 0.2) is 5.16 Å². The molecule has 0 amide bonds. The third kappa shape index (κ3) is 3.20. The number of fused-ring (bicyclic) bond motifs is 1. The van der Waals surface area contributed by atoms with Crippen LogP contribution in [0.2, 0.25) is 0 Å². The van der Waals surface area contributed by atoms with E-state index in [2.05, 4.69) is 35.8 Å². The molecular weight excluding hydrogens is 352 g/mol. The third-order valence-electron chi connectivity index (χ3n) is 3.57. The van der Waals surface area contributed by atoms with E-state index in [1.54, 1.807) is 12.4 Å². The summed E-state index contributed by atoms with van der Waals surface area (Å²) in [5.41, 5.74) is 2.90. The van der Waals surface area contributed by atoms with Crippen molar-refractivity contribution in [3.63, 3.8) is 0 Å². The van der Waals surface area contributed by atoms with Crippen LogP contribution in [0.3, 0.4) is 0 Å². The number of hydrogen-bond donors (Lipinski definition) is 1. The minimum atomic E-state index is -0.0113. The van der Waals surface area contributed by atoms with Crippen LogP contribution in [0.5, 0.6) is 0 Å². The molecule has 0 bridgehead atoms. The van der Waals surface area contributed by atoms with Gasteiger partial charge in [-0.2, -0.15) is 0 Å². The number of aromatic amines is 1. The Morgan fingerprint density at radius 3 is 3.14 bits per heavy atom. The normalized spacial score (nSPS) is 15.0. The summed E-state index contributed by atoms with van der Waals surface area (Å²) in [6.07, 6.45) is 6.32. The number of H-pyrrole nitrogens is 1. The summed E-state index contributed by atoms with van der Waals surface area (Å²) in [4.78, 5) is 25.8. The Labute approximate surface area is 135 Å². The molecule has 3 heterocycles. The molecule has 5 nitrogen and oxygen atoms in total. The van der Waals surface area contributed by atoms with E-state index in [1.807, 2.05) is 12.3 Å². The first-order chi connectivity index (χ1) is 10.2. The quantitative estimate of drug-likeness (QED) is 0.666. The Hall–Kier alpha value is -1.18. The molecule has 21 heavy (non-hydrogen) atoms. The molecule has 0 aromatic carbocycles. The Morgan fingerprint density at radius 1 is 1.52 bits per heavy atom. The van der Waals surface area contributed by atoms with E-state index in [0.29, 0.717) is 11.7 Å². The predicted molar refractivity (Wildman–Crippen MR) is 86.4 cm³/mol. The van der Waals surface area contributed by atoms with Crippen LogP contribution in [0, 0.1) is 0 Å². The predicted octanol–water partition coefficient (Wildman–Crippen LogP) is 2.21. The largest absolute Gasteiger partial charge is 0.301 e. The van der Waals surface area contributed by atoms with E-state index < -0.39 is 0 Å². The van der Waals surface area contributed by atoms with E-state index >= 15 is 0 Å². The highest BCUT2D eigenvalue weighted by atomic mass is 79.9. The number of aromatic nitrogens is 3. The molecule has 0 fully saturated rings. The van der Waals surface area contributed by atoms with Gasteiger partial charge in [0.05, 0.1) is 11.3 Å².